The first-order chi connectivity index (χ1) is 11.7. The Balaban J connectivity index is 1.32. The fourth-order valence-electron chi connectivity index (χ4n) is 3.13. The molecular weight excluding hydrogens is 343 g/mol. The van der Waals surface area contributed by atoms with Crippen LogP contribution in [-0.2, 0) is 4.74 Å². The molecule has 2 unspecified atom stereocenters. The maximum absolute atomic E-state index is 12.3. The summed E-state index contributed by atoms with van der Waals surface area (Å²) in [7, 11) is 0.335. The van der Waals surface area contributed by atoms with Crippen molar-refractivity contribution >= 4 is 35.8 Å². The minimum atomic E-state index is 0.0769. The van der Waals surface area contributed by atoms with Crippen molar-refractivity contribution < 1.29 is 14.3 Å². The first-order valence-corrected chi connectivity index (χ1v) is 10.3. The highest BCUT2D eigenvalue weighted by Gasteiger charge is 2.34. The molecule has 0 N–H and O–H groups in total. The van der Waals surface area contributed by atoms with E-state index in [2.05, 4.69) is 18.0 Å². The summed E-state index contributed by atoms with van der Waals surface area (Å²) in [5, 5.41) is 0. The molecule has 2 fully saturated rings. The third-order valence-electron chi connectivity index (χ3n) is 4.46. The van der Waals surface area contributed by atoms with Crippen LogP contribution < -0.4 is 4.74 Å². The summed E-state index contributed by atoms with van der Waals surface area (Å²) in [5.74, 6) is 0.839. The minimum Gasteiger partial charge on any atom is -0.484 e. The molecule has 2 aliphatic heterocycles. The molecule has 0 bridgehead atoms. The lowest BCUT2D eigenvalue weighted by Gasteiger charge is -2.39. The van der Waals surface area contributed by atoms with Crippen molar-refractivity contribution in [2.24, 2.45) is 0 Å². The second-order valence-corrected chi connectivity index (χ2v) is 8.89. The molecule has 0 saturated carbocycles. The Hall–Kier alpha value is -1.23. The third-order valence-corrected chi connectivity index (χ3v) is 6.67. The van der Waals surface area contributed by atoms with Gasteiger partial charge in [-0.3, -0.25) is 4.79 Å². The van der Waals surface area contributed by atoms with E-state index in [1.165, 1.54) is 5.56 Å². The monoisotopic (exact) mass is 364 g/mol. The zero-order valence-corrected chi connectivity index (χ0v) is 15.5. The van der Waals surface area contributed by atoms with Crippen molar-refractivity contribution in [2.75, 3.05) is 26.3 Å². The fourth-order valence-corrected chi connectivity index (χ4v) is 5.19. The summed E-state index contributed by atoms with van der Waals surface area (Å²) in [6.07, 6.45) is 2.27. The molecule has 1 amide bonds. The number of hydrogen-bond acceptors (Lipinski definition) is 5. The second kappa shape index (κ2) is 6.95. The van der Waals surface area contributed by atoms with E-state index in [1.807, 2.05) is 16.5 Å². The average Bonchev–Trinajstić information content (AvgIpc) is 2.99. The number of fused-ring (bicyclic) bond motifs is 1. The molecule has 0 spiro atoms. The van der Waals surface area contributed by atoms with Gasteiger partial charge in [0.25, 0.3) is 0 Å². The Morgan fingerprint density at radius 2 is 2.33 bits per heavy atom. The molecule has 2 aliphatic rings. The van der Waals surface area contributed by atoms with Crippen LogP contribution in [-0.4, -0.2) is 53.6 Å². The lowest BCUT2D eigenvalue weighted by molar-refractivity contribution is 0.0539. The van der Waals surface area contributed by atoms with Gasteiger partial charge in [0.15, 0.2) is 0 Å². The van der Waals surface area contributed by atoms with Gasteiger partial charge >= 0.3 is 0 Å². The molecule has 0 aliphatic carbocycles. The van der Waals surface area contributed by atoms with Crippen LogP contribution in [0.15, 0.2) is 17.6 Å². The average molecular weight is 364 g/mol. The Kier molecular flexibility index (Phi) is 4.70. The Bertz CT molecular complexity index is 739. The Labute approximate surface area is 147 Å². The van der Waals surface area contributed by atoms with Gasteiger partial charge in [-0.2, -0.15) is 0 Å². The summed E-state index contributed by atoms with van der Waals surface area (Å²) in [4.78, 5) is 18.6. The number of nitrogens with zero attached hydrogens (tertiary/aromatic N) is 2. The molecule has 7 heteroatoms. The van der Waals surface area contributed by atoms with Crippen LogP contribution in [0.2, 0.25) is 0 Å². The second-order valence-electron chi connectivity index (χ2n) is 6.47. The van der Waals surface area contributed by atoms with E-state index in [0.717, 1.165) is 42.0 Å². The molecule has 24 heavy (non-hydrogen) atoms. The van der Waals surface area contributed by atoms with Crippen LogP contribution in [0.5, 0.6) is 5.75 Å². The number of amides is 1. The van der Waals surface area contributed by atoms with Gasteiger partial charge in [0.1, 0.15) is 17.4 Å². The zero-order chi connectivity index (χ0) is 16.5. The lowest BCUT2D eigenvalue weighted by Crippen LogP contribution is -2.55. The Morgan fingerprint density at radius 3 is 3.12 bits per heavy atom. The molecule has 4 rings (SSSR count). The van der Waals surface area contributed by atoms with Crippen LogP contribution >= 0.6 is 19.9 Å². The maximum atomic E-state index is 12.3. The van der Waals surface area contributed by atoms with E-state index in [9.17, 15) is 4.79 Å². The number of likely N-dealkylation sites (tertiary alicyclic amines) is 1. The van der Waals surface area contributed by atoms with E-state index in [1.54, 1.807) is 11.3 Å². The summed E-state index contributed by atoms with van der Waals surface area (Å²) >= 11 is 1.63. The number of thiazole rings is 1. The van der Waals surface area contributed by atoms with E-state index < -0.39 is 0 Å². The number of aromatic nitrogens is 1. The molecule has 1 aromatic carbocycles. The van der Waals surface area contributed by atoms with Gasteiger partial charge in [-0.15, -0.1) is 11.3 Å². The molecule has 128 valence electrons. The first-order valence-electron chi connectivity index (χ1n) is 8.33. The summed E-state index contributed by atoms with van der Waals surface area (Å²) in [6, 6.07) is 4.16. The number of hydrogen-bond donors (Lipinski definition) is 0. The molecule has 0 radical (unpaired) electrons. The van der Waals surface area contributed by atoms with Crippen molar-refractivity contribution in [1.82, 2.24) is 9.88 Å². The highest BCUT2D eigenvalue weighted by Crippen LogP contribution is 2.34. The maximum Gasteiger partial charge on any atom is 0.241 e. The molecule has 1 aromatic heterocycles. The predicted octanol–water partition coefficient (Wildman–Crippen LogP) is 3.65. The van der Waals surface area contributed by atoms with Gasteiger partial charge in [0.05, 0.1) is 29.9 Å². The lowest BCUT2D eigenvalue weighted by atomic mass is 10.1. The normalized spacial score (nSPS) is 22.2. The fraction of sp³-hybridized carbons (Fsp3) is 0.529. The number of carbonyl (C=O) groups is 1. The molecule has 2 atom stereocenters. The topological polar surface area (TPSA) is 51.7 Å². The van der Waals surface area contributed by atoms with Crippen molar-refractivity contribution in [2.45, 2.75) is 31.5 Å². The van der Waals surface area contributed by atoms with E-state index in [4.69, 9.17) is 9.47 Å². The van der Waals surface area contributed by atoms with Gasteiger partial charge in [-0.25, -0.2) is 4.98 Å². The van der Waals surface area contributed by atoms with Gasteiger partial charge < -0.3 is 14.4 Å². The van der Waals surface area contributed by atoms with E-state index in [-0.39, 0.29) is 11.8 Å². The summed E-state index contributed by atoms with van der Waals surface area (Å²) in [5.41, 5.74) is 4.62. The zero-order valence-electron chi connectivity index (χ0n) is 13.7. The standard InChI is InChI=1S/C17H21N2O3PS/c1-11-5-14(16-15(6-11)24-10-18-16)22-12-7-19(8-12)17(20)23-13-3-2-4-21-9-13/h5-6,10,12-13,23H,2-4,7-9H2,1H3. The molecular formula is C17H21N2O3PS. The SMILES string of the molecule is Cc1cc(OC2CN(C(=O)PC3CCCOC3)C2)c2ncsc2c1. The van der Waals surface area contributed by atoms with Crippen molar-refractivity contribution in [3.63, 3.8) is 0 Å². The van der Waals surface area contributed by atoms with Crippen LogP contribution in [0.25, 0.3) is 10.2 Å². The van der Waals surface area contributed by atoms with Crippen LogP contribution in [0.4, 0.5) is 4.79 Å². The Morgan fingerprint density at radius 1 is 1.46 bits per heavy atom. The summed E-state index contributed by atoms with van der Waals surface area (Å²) in [6.45, 7) is 5.01. The van der Waals surface area contributed by atoms with Gasteiger partial charge in [-0.1, -0.05) is 0 Å². The van der Waals surface area contributed by atoms with Crippen molar-refractivity contribution in [1.29, 1.82) is 0 Å². The smallest absolute Gasteiger partial charge is 0.241 e. The van der Waals surface area contributed by atoms with Crippen molar-refractivity contribution in [3.05, 3.63) is 23.2 Å². The molecule has 2 aromatic rings. The number of rotatable bonds is 4. The quantitative estimate of drug-likeness (QED) is 0.777. The van der Waals surface area contributed by atoms with Gasteiger partial charge in [0.2, 0.25) is 5.65 Å². The molecule has 5 nitrogen and oxygen atoms in total. The van der Waals surface area contributed by atoms with E-state index in [0.29, 0.717) is 27.3 Å². The first kappa shape index (κ1) is 16.2. The van der Waals surface area contributed by atoms with Gasteiger partial charge in [-0.05, 0) is 46.0 Å². The number of benzene rings is 1. The third kappa shape index (κ3) is 3.41. The highest BCUT2D eigenvalue weighted by atomic mass is 32.1. The number of aryl methyl sites for hydroxylation is 1. The number of carbonyl (C=O) groups excluding carboxylic acids is 1. The van der Waals surface area contributed by atoms with Crippen LogP contribution in [0, 0.1) is 6.92 Å². The van der Waals surface area contributed by atoms with Crippen LogP contribution in [0.3, 0.4) is 0 Å². The van der Waals surface area contributed by atoms with Crippen molar-refractivity contribution in [3.8, 4) is 5.75 Å². The van der Waals surface area contributed by atoms with E-state index >= 15 is 0 Å². The molecule has 2 saturated heterocycles. The van der Waals surface area contributed by atoms with Gasteiger partial charge in [0, 0.05) is 12.3 Å². The molecule has 3 heterocycles. The summed E-state index contributed by atoms with van der Waals surface area (Å²) < 4.78 is 12.7. The number of ether oxygens (including phenoxy) is 2. The minimum absolute atomic E-state index is 0.0769. The highest BCUT2D eigenvalue weighted by molar-refractivity contribution is 7.58. The largest absolute Gasteiger partial charge is 0.484 e. The predicted molar refractivity (Wildman–Crippen MR) is 97.9 cm³/mol. The van der Waals surface area contributed by atoms with Crippen LogP contribution in [0.1, 0.15) is 18.4 Å².